The van der Waals surface area contributed by atoms with Gasteiger partial charge in [-0.1, -0.05) is 20.4 Å². The van der Waals surface area contributed by atoms with Crippen LogP contribution in [0.1, 0.15) is 17.4 Å². The molecule has 1 N–H and O–H groups in total. The van der Waals surface area contributed by atoms with Crippen molar-refractivity contribution in [3.05, 3.63) is 39.3 Å². The molecule has 1 heterocycles. The normalized spacial score (nSPS) is 12.4. The first-order valence-electron chi connectivity index (χ1n) is 4.98. The summed E-state index contributed by atoms with van der Waals surface area (Å²) in [5.41, 5.74) is 1.53. The van der Waals surface area contributed by atoms with Crippen LogP contribution in [0.5, 0.6) is 5.75 Å². The Morgan fingerprint density at radius 1 is 1.53 bits per heavy atom. The van der Waals surface area contributed by atoms with E-state index in [1.54, 1.807) is 12.5 Å². The zero-order valence-electron chi connectivity index (χ0n) is 9.13. The van der Waals surface area contributed by atoms with Crippen molar-refractivity contribution in [2.75, 3.05) is 7.11 Å². The summed E-state index contributed by atoms with van der Waals surface area (Å²) in [7, 11) is 1.61. The van der Waals surface area contributed by atoms with Gasteiger partial charge in [-0.3, -0.25) is 0 Å². The number of aliphatic hydroxyl groups is 1. The van der Waals surface area contributed by atoms with E-state index in [9.17, 15) is 5.11 Å². The van der Waals surface area contributed by atoms with E-state index in [1.165, 1.54) is 11.5 Å². The van der Waals surface area contributed by atoms with Crippen LogP contribution in [0.25, 0.3) is 0 Å². The molecule has 1 atom stereocenters. The monoisotopic (exact) mass is 314 g/mol. The summed E-state index contributed by atoms with van der Waals surface area (Å²) in [5.74, 6) is 0.760. The maximum atomic E-state index is 10.0. The van der Waals surface area contributed by atoms with Crippen LogP contribution in [-0.2, 0) is 6.42 Å². The highest BCUT2D eigenvalue weighted by atomic mass is 79.9. The fourth-order valence-corrected chi connectivity index (χ4v) is 2.45. The molecule has 0 radical (unpaired) electrons. The summed E-state index contributed by atoms with van der Waals surface area (Å²) in [6.45, 7) is 0. The molecule has 90 valence electrons. The zero-order valence-corrected chi connectivity index (χ0v) is 11.5. The second-order valence-corrected chi connectivity index (χ2v) is 5.03. The minimum absolute atomic E-state index is 0.452. The van der Waals surface area contributed by atoms with Gasteiger partial charge < -0.3 is 9.84 Å². The molecule has 0 amide bonds. The molecule has 1 aromatic heterocycles. The molecule has 0 spiro atoms. The molecule has 0 fully saturated rings. The summed E-state index contributed by atoms with van der Waals surface area (Å²) in [6.07, 6.45) is -0.203. The number of aromatic nitrogens is 2. The highest BCUT2D eigenvalue weighted by Crippen LogP contribution is 2.27. The molecule has 0 saturated heterocycles. The zero-order chi connectivity index (χ0) is 12.3. The Bertz CT molecular complexity index is 490. The van der Waals surface area contributed by atoms with Crippen molar-refractivity contribution in [3.63, 3.8) is 0 Å². The van der Waals surface area contributed by atoms with Crippen molar-refractivity contribution in [2.45, 2.75) is 12.5 Å². The van der Waals surface area contributed by atoms with Gasteiger partial charge in [0.25, 0.3) is 0 Å². The summed E-state index contributed by atoms with van der Waals surface area (Å²) < 4.78 is 9.94. The van der Waals surface area contributed by atoms with Gasteiger partial charge in [0.1, 0.15) is 17.5 Å². The third kappa shape index (κ3) is 3.02. The number of ether oxygens (including phenoxy) is 1. The third-order valence-electron chi connectivity index (χ3n) is 2.37. The smallest absolute Gasteiger partial charge is 0.122 e. The minimum atomic E-state index is -0.656. The number of methoxy groups -OCH3 is 1. The molecule has 1 unspecified atom stereocenters. The summed E-state index contributed by atoms with van der Waals surface area (Å²) in [5, 5.41) is 15.6. The molecule has 0 aliphatic rings. The molecule has 0 aliphatic carbocycles. The molecule has 2 rings (SSSR count). The van der Waals surface area contributed by atoms with E-state index in [1.807, 2.05) is 18.2 Å². The lowest BCUT2D eigenvalue weighted by molar-refractivity contribution is 0.172. The third-order valence-corrected chi connectivity index (χ3v) is 3.39. The van der Waals surface area contributed by atoms with Crippen molar-refractivity contribution in [3.8, 4) is 5.75 Å². The Kier molecular flexibility index (Phi) is 4.09. The number of aliphatic hydroxyl groups excluding tert-OH is 1. The Balaban J connectivity index is 2.20. The maximum Gasteiger partial charge on any atom is 0.122 e. The van der Waals surface area contributed by atoms with Crippen LogP contribution in [0.2, 0.25) is 0 Å². The van der Waals surface area contributed by atoms with Crippen molar-refractivity contribution < 1.29 is 9.84 Å². The Hall–Kier alpha value is -0.980. The number of nitrogens with zero attached hydrogens (tertiary/aromatic N) is 2. The number of benzene rings is 1. The molecular weight excluding hydrogens is 304 g/mol. The van der Waals surface area contributed by atoms with Crippen LogP contribution in [0, 0.1) is 0 Å². The van der Waals surface area contributed by atoms with Crippen LogP contribution in [0.15, 0.2) is 28.1 Å². The van der Waals surface area contributed by atoms with Crippen molar-refractivity contribution >= 4 is 27.5 Å². The van der Waals surface area contributed by atoms with Gasteiger partial charge in [-0.05, 0) is 35.3 Å². The van der Waals surface area contributed by atoms with Crippen LogP contribution in [-0.4, -0.2) is 21.8 Å². The van der Waals surface area contributed by atoms with Gasteiger partial charge in [0.2, 0.25) is 0 Å². The van der Waals surface area contributed by atoms with E-state index in [2.05, 4.69) is 25.5 Å². The molecule has 0 saturated carbocycles. The van der Waals surface area contributed by atoms with Crippen molar-refractivity contribution in [2.24, 2.45) is 0 Å². The van der Waals surface area contributed by atoms with Crippen LogP contribution in [0.4, 0.5) is 0 Å². The van der Waals surface area contributed by atoms with Gasteiger partial charge in [0, 0.05) is 16.3 Å². The van der Waals surface area contributed by atoms with E-state index in [-0.39, 0.29) is 0 Å². The van der Waals surface area contributed by atoms with E-state index in [4.69, 9.17) is 4.74 Å². The summed E-state index contributed by atoms with van der Waals surface area (Å²) >= 11 is 4.63. The van der Waals surface area contributed by atoms with Crippen LogP contribution >= 0.6 is 27.5 Å². The van der Waals surface area contributed by atoms with Gasteiger partial charge in [0.05, 0.1) is 7.11 Å². The van der Waals surface area contributed by atoms with Gasteiger partial charge in [-0.25, -0.2) is 0 Å². The van der Waals surface area contributed by atoms with Gasteiger partial charge in [-0.2, -0.15) is 0 Å². The second-order valence-electron chi connectivity index (χ2n) is 3.51. The molecule has 4 nitrogen and oxygen atoms in total. The molecule has 17 heavy (non-hydrogen) atoms. The molecule has 1 aromatic carbocycles. The first-order valence-corrected chi connectivity index (χ1v) is 6.61. The van der Waals surface area contributed by atoms with Crippen LogP contribution < -0.4 is 4.74 Å². The number of hydrogen-bond acceptors (Lipinski definition) is 5. The number of halogens is 1. The standard InChI is InChI=1S/C11H11BrN2O2S/c1-16-11-3-2-8(12)4-7(11)5-10(15)9-6-17-14-13-9/h2-4,6,10,15H,5H2,1H3. The largest absolute Gasteiger partial charge is 0.496 e. The Morgan fingerprint density at radius 2 is 2.35 bits per heavy atom. The van der Waals surface area contributed by atoms with Gasteiger partial charge >= 0.3 is 0 Å². The highest BCUT2D eigenvalue weighted by Gasteiger charge is 2.14. The lowest BCUT2D eigenvalue weighted by Gasteiger charge is -2.11. The van der Waals surface area contributed by atoms with Crippen molar-refractivity contribution in [1.29, 1.82) is 0 Å². The maximum absolute atomic E-state index is 10.0. The quantitative estimate of drug-likeness (QED) is 0.942. The molecular formula is C11H11BrN2O2S. The predicted octanol–water partition coefficient (Wildman–Crippen LogP) is 2.59. The fraction of sp³-hybridized carbons (Fsp3) is 0.273. The van der Waals surface area contributed by atoms with E-state index < -0.39 is 6.10 Å². The molecule has 0 bridgehead atoms. The second kappa shape index (κ2) is 5.57. The van der Waals surface area contributed by atoms with E-state index >= 15 is 0 Å². The Morgan fingerprint density at radius 3 is 3.00 bits per heavy atom. The first-order chi connectivity index (χ1) is 8.20. The van der Waals surface area contributed by atoms with Crippen molar-refractivity contribution in [1.82, 2.24) is 9.59 Å². The van der Waals surface area contributed by atoms with Crippen LogP contribution in [0.3, 0.4) is 0 Å². The average molecular weight is 315 g/mol. The Labute approximate surface area is 112 Å². The fourth-order valence-electron chi connectivity index (χ4n) is 1.54. The summed E-state index contributed by atoms with van der Waals surface area (Å²) in [4.78, 5) is 0. The van der Waals surface area contributed by atoms with Gasteiger partial charge in [0.15, 0.2) is 0 Å². The SMILES string of the molecule is COc1ccc(Br)cc1CC(O)c1csnn1. The minimum Gasteiger partial charge on any atom is -0.496 e. The molecule has 0 aliphatic heterocycles. The summed E-state index contributed by atoms with van der Waals surface area (Å²) in [6, 6.07) is 5.70. The topological polar surface area (TPSA) is 55.2 Å². The number of hydrogen-bond donors (Lipinski definition) is 1. The number of rotatable bonds is 4. The lowest BCUT2D eigenvalue weighted by Crippen LogP contribution is -2.04. The highest BCUT2D eigenvalue weighted by molar-refractivity contribution is 9.10. The molecule has 2 aromatic rings. The first kappa shape index (κ1) is 12.5. The molecule has 6 heteroatoms. The average Bonchev–Trinajstić information content (AvgIpc) is 2.83. The van der Waals surface area contributed by atoms with E-state index in [0.717, 1.165) is 15.8 Å². The predicted molar refractivity (Wildman–Crippen MR) is 69.3 cm³/mol. The lowest BCUT2D eigenvalue weighted by atomic mass is 10.1. The van der Waals surface area contributed by atoms with Gasteiger partial charge in [-0.15, -0.1) is 5.10 Å². The van der Waals surface area contributed by atoms with E-state index in [0.29, 0.717) is 12.1 Å².